The van der Waals surface area contributed by atoms with Gasteiger partial charge < -0.3 is 9.88 Å². The molecule has 0 fully saturated rings. The molecule has 2 heterocycles. The molecule has 0 radical (unpaired) electrons. The predicted molar refractivity (Wildman–Crippen MR) is 88.1 cm³/mol. The van der Waals surface area contributed by atoms with Gasteiger partial charge >= 0.3 is 6.18 Å². The Bertz CT molecular complexity index is 949. The Balaban J connectivity index is 1.85. The molecule has 2 aromatic heterocycles. The highest BCUT2D eigenvalue weighted by atomic mass is 19.4. The Kier molecular flexibility index (Phi) is 4.67. The van der Waals surface area contributed by atoms with E-state index in [1.807, 2.05) is 0 Å². The normalized spacial score (nSPS) is 13.0. The summed E-state index contributed by atoms with van der Waals surface area (Å²) >= 11 is 0. The largest absolute Gasteiger partial charge is 0.431 e. The zero-order valence-electron chi connectivity index (χ0n) is 13.7. The minimum absolute atomic E-state index is 0.100. The van der Waals surface area contributed by atoms with Crippen molar-refractivity contribution in [2.75, 3.05) is 0 Å². The number of carbonyl (C=O) groups excluding carboxylic acids is 1. The van der Waals surface area contributed by atoms with Crippen molar-refractivity contribution in [2.45, 2.75) is 25.7 Å². The van der Waals surface area contributed by atoms with Gasteiger partial charge in [0.1, 0.15) is 17.2 Å². The fourth-order valence-corrected chi connectivity index (χ4v) is 2.76. The number of hydrogen-bond acceptors (Lipinski definition) is 2. The zero-order chi connectivity index (χ0) is 18.9. The van der Waals surface area contributed by atoms with Gasteiger partial charge in [-0.3, -0.25) is 4.79 Å². The van der Waals surface area contributed by atoms with Gasteiger partial charge in [0.15, 0.2) is 0 Å². The number of fused-ring (bicyclic) bond motifs is 1. The number of amides is 1. The summed E-state index contributed by atoms with van der Waals surface area (Å²) in [6.07, 6.45) is -3.14. The van der Waals surface area contributed by atoms with Crippen LogP contribution >= 0.6 is 0 Å². The first-order valence-electron chi connectivity index (χ1n) is 7.83. The summed E-state index contributed by atoms with van der Waals surface area (Å²) in [6.45, 7) is 1.45. The number of halogens is 4. The van der Waals surface area contributed by atoms with Gasteiger partial charge in [0, 0.05) is 29.7 Å². The predicted octanol–water partition coefficient (Wildman–Crippen LogP) is 4.01. The molecule has 4 nitrogen and oxygen atoms in total. The molecule has 1 aromatic carbocycles. The van der Waals surface area contributed by atoms with Crippen molar-refractivity contribution in [3.05, 3.63) is 65.7 Å². The van der Waals surface area contributed by atoms with Crippen molar-refractivity contribution in [2.24, 2.45) is 0 Å². The summed E-state index contributed by atoms with van der Waals surface area (Å²) in [7, 11) is 0. The van der Waals surface area contributed by atoms with Crippen LogP contribution in [-0.4, -0.2) is 21.5 Å². The van der Waals surface area contributed by atoms with Gasteiger partial charge in [-0.25, -0.2) is 9.37 Å². The lowest BCUT2D eigenvalue weighted by molar-refractivity contribution is -0.143. The number of nitrogens with zero attached hydrogens (tertiary/aromatic N) is 2. The number of benzene rings is 1. The second kappa shape index (κ2) is 6.78. The first-order chi connectivity index (χ1) is 12.3. The van der Waals surface area contributed by atoms with E-state index < -0.39 is 29.6 Å². The van der Waals surface area contributed by atoms with Crippen molar-refractivity contribution in [3.63, 3.8) is 0 Å². The number of hydrogen-bond donors (Lipinski definition) is 1. The standard InChI is InChI=1S/C18H15F4N3O/c1-11(24-17(26)13-4-2-6-14(19)8-13)10-25-15(18(20,21)22)9-12-5-3-7-23-16(12)25/h2-9,11H,10H2,1H3,(H,24,26)/t11-/m1/s1. The van der Waals surface area contributed by atoms with Crippen LogP contribution in [0, 0.1) is 5.82 Å². The maximum absolute atomic E-state index is 13.3. The zero-order valence-corrected chi connectivity index (χ0v) is 13.7. The lowest BCUT2D eigenvalue weighted by Crippen LogP contribution is -2.36. The third-order valence-electron chi connectivity index (χ3n) is 3.87. The van der Waals surface area contributed by atoms with Crippen LogP contribution in [0.15, 0.2) is 48.7 Å². The van der Waals surface area contributed by atoms with E-state index in [4.69, 9.17) is 0 Å². The fourth-order valence-electron chi connectivity index (χ4n) is 2.76. The molecule has 0 aliphatic rings. The summed E-state index contributed by atoms with van der Waals surface area (Å²) in [4.78, 5) is 16.2. The van der Waals surface area contributed by atoms with E-state index >= 15 is 0 Å². The second-order valence-electron chi connectivity index (χ2n) is 5.94. The van der Waals surface area contributed by atoms with Crippen LogP contribution in [0.25, 0.3) is 11.0 Å². The highest BCUT2D eigenvalue weighted by Gasteiger charge is 2.36. The van der Waals surface area contributed by atoms with Crippen molar-refractivity contribution in [1.82, 2.24) is 14.9 Å². The molecule has 1 N–H and O–H groups in total. The quantitative estimate of drug-likeness (QED) is 0.710. The van der Waals surface area contributed by atoms with Crippen LogP contribution < -0.4 is 5.32 Å². The van der Waals surface area contributed by atoms with Gasteiger partial charge in [-0.1, -0.05) is 6.07 Å². The van der Waals surface area contributed by atoms with E-state index in [0.29, 0.717) is 5.39 Å². The molecule has 3 aromatic rings. The van der Waals surface area contributed by atoms with E-state index in [1.54, 1.807) is 19.1 Å². The van der Waals surface area contributed by atoms with Crippen LogP contribution in [0.3, 0.4) is 0 Å². The van der Waals surface area contributed by atoms with Crippen LogP contribution in [0.2, 0.25) is 0 Å². The Morgan fingerprint density at radius 2 is 2.00 bits per heavy atom. The van der Waals surface area contributed by atoms with E-state index in [2.05, 4.69) is 10.3 Å². The minimum Gasteiger partial charge on any atom is -0.348 e. The molecule has 0 saturated carbocycles. The summed E-state index contributed by atoms with van der Waals surface area (Å²) in [5.41, 5.74) is -0.548. The van der Waals surface area contributed by atoms with Gasteiger partial charge in [0.2, 0.25) is 0 Å². The molecular weight excluding hydrogens is 350 g/mol. The van der Waals surface area contributed by atoms with Crippen LogP contribution in [-0.2, 0) is 12.7 Å². The van der Waals surface area contributed by atoms with Crippen LogP contribution in [0.5, 0.6) is 0 Å². The molecule has 0 saturated heterocycles. The van der Waals surface area contributed by atoms with Gasteiger partial charge in [0.05, 0.1) is 0 Å². The molecule has 0 aliphatic heterocycles. The summed E-state index contributed by atoms with van der Waals surface area (Å²) < 4.78 is 54.2. The Morgan fingerprint density at radius 1 is 1.23 bits per heavy atom. The molecule has 136 valence electrons. The van der Waals surface area contributed by atoms with E-state index in [0.717, 1.165) is 16.7 Å². The number of carbonyl (C=O) groups is 1. The van der Waals surface area contributed by atoms with Crippen LogP contribution in [0.1, 0.15) is 23.0 Å². The van der Waals surface area contributed by atoms with Gasteiger partial charge in [-0.15, -0.1) is 0 Å². The van der Waals surface area contributed by atoms with Gasteiger partial charge in [-0.05, 0) is 43.3 Å². The molecule has 0 aliphatic carbocycles. The monoisotopic (exact) mass is 365 g/mol. The molecule has 1 atom stereocenters. The van der Waals surface area contributed by atoms with Crippen molar-refractivity contribution in [3.8, 4) is 0 Å². The molecular formula is C18H15F4N3O. The molecule has 8 heteroatoms. The van der Waals surface area contributed by atoms with E-state index in [1.165, 1.54) is 24.4 Å². The van der Waals surface area contributed by atoms with E-state index in [-0.39, 0.29) is 17.8 Å². The Labute approximate surface area is 146 Å². The molecule has 1 amide bonds. The first kappa shape index (κ1) is 17.9. The fraction of sp³-hybridized carbons (Fsp3) is 0.222. The van der Waals surface area contributed by atoms with E-state index in [9.17, 15) is 22.4 Å². The number of rotatable bonds is 4. The Hall–Kier alpha value is -2.90. The number of nitrogens with one attached hydrogen (secondary N) is 1. The minimum atomic E-state index is -4.55. The average Bonchev–Trinajstić information content (AvgIpc) is 2.94. The van der Waals surface area contributed by atoms with Gasteiger partial charge in [-0.2, -0.15) is 13.2 Å². The highest BCUT2D eigenvalue weighted by molar-refractivity contribution is 5.94. The van der Waals surface area contributed by atoms with Crippen molar-refractivity contribution >= 4 is 16.9 Å². The summed E-state index contributed by atoms with van der Waals surface area (Å²) in [5, 5.41) is 2.95. The molecule has 0 unspecified atom stereocenters. The smallest absolute Gasteiger partial charge is 0.348 e. The van der Waals surface area contributed by atoms with Crippen molar-refractivity contribution < 1.29 is 22.4 Å². The molecule has 26 heavy (non-hydrogen) atoms. The summed E-state index contributed by atoms with van der Waals surface area (Å²) in [5.74, 6) is -1.12. The SMILES string of the molecule is C[C@H](Cn1c(C(F)(F)F)cc2cccnc21)NC(=O)c1cccc(F)c1. The Morgan fingerprint density at radius 3 is 2.69 bits per heavy atom. The first-order valence-corrected chi connectivity index (χ1v) is 7.83. The van der Waals surface area contributed by atoms with Gasteiger partial charge in [0.25, 0.3) is 5.91 Å². The molecule has 3 rings (SSSR count). The van der Waals surface area contributed by atoms with Crippen LogP contribution in [0.4, 0.5) is 17.6 Å². The topological polar surface area (TPSA) is 46.9 Å². The number of alkyl halides is 3. The van der Waals surface area contributed by atoms with Crippen molar-refractivity contribution in [1.29, 1.82) is 0 Å². The third kappa shape index (κ3) is 3.68. The molecule has 0 spiro atoms. The highest BCUT2D eigenvalue weighted by Crippen LogP contribution is 2.33. The maximum atomic E-state index is 13.3. The maximum Gasteiger partial charge on any atom is 0.431 e. The summed E-state index contributed by atoms with van der Waals surface area (Å²) in [6, 6.07) is 8.59. The lowest BCUT2D eigenvalue weighted by atomic mass is 10.2. The lowest BCUT2D eigenvalue weighted by Gasteiger charge is -2.18. The second-order valence-corrected chi connectivity index (χ2v) is 5.94. The average molecular weight is 365 g/mol. The number of aromatic nitrogens is 2. The number of pyridine rings is 1. The third-order valence-corrected chi connectivity index (χ3v) is 3.87. The molecule has 0 bridgehead atoms.